The highest BCUT2D eigenvalue weighted by molar-refractivity contribution is 5.66. The van der Waals surface area contributed by atoms with E-state index in [1.165, 1.54) is 0 Å². The van der Waals surface area contributed by atoms with E-state index in [9.17, 15) is 15.0 Å². The SMILES string of the molecule is C=C(C[C@@]12C[C@@H](C)C[C@@H](O1)[C@H]1O[C@]3(C[C@H]1O2)NC[C@H](C)C[C@@H]3C)[C@H]1O[C@@](O)([C@H](O)C2C[C@H]3O[C@@]4(CC[C@]5(CC=C[C@@H](/C=C/CCC(=O)O)O5)O4)[C@H](C)C[C@H]3O2)[C@H](C)C[C@@H]1C. The van der Waals surface area contributed by atoms with Crippen molar-refractivity contribution in [2.75, 3.05) is 6.54 Å². The molecule has 4 N–H and O–H groups in total. The molecule has 0 aromatic carbocycles. The minimum absolute atomic E-state index is 0.0112. The molecule has 13 nitrogen and oxygen atoms in total. The summed E-state index contributed by atoms with van der Waals surface area (Å²) in [5.74, 6) is -4.29. The van der Waals surface area contributed by atoms with Gasteiger partial charge in [-0.2, -0.15) is 0 Å². The lowest BCUT2D eigenvalue weighted by atomic mass is 9.76. The molecule has 0 aliphatic carbocycles. The number of aliphatic hydroxyl groups is 2. The van der Waals surface area contributed by atoms with E-state index in [0.717, 1.165) is 37.8 Å². The molecule has 0 amide bonds. The Labute approximate surface area is 355 Å². The largest absolute Gasteiger partial charge is 0.481 e. The number of fused-ring (bicyclic) bond motifs is 5. The molecule has 13 heteroatoms. The summed E-state index contributed by atoms with van der Waals surface area (Å²) in [6.07, 6.45) is 12.1. The van der Waals surface area contributed by atoms with Gasteiger partial charge in [0.2, 0.25) is 0 Å². The second kappa shape index (κ2) is 16.0. The van der Waals surface area contributed by atoms with E-state index >= 15 is 0 Å². The van der Waals surface area contributed by atoms with E-state index in [0.29, 0.717) is 69.1 Å². The van der Waals surface area contributed by atoms with Crippen LogP contribution in [0.25, 0.3) is 0 Å². The molecule has 9 aliphatic rings. The lowest BCUT2D eigenvalue weighted by Gasteiger charge is -2.53. The quantitative estimate of drug-likeness (QED) is 0.193. The summed E-state index contributed by atoms with van der Waals surface area (Å²) in [4.78, 5) is 11.0. The molecule has 9 rings (SSSR count). The van der Waals surface area contributed by atoms with Crippen LogP contribution < -0.4 is 5.32 Å². The van der Waals surface area contributed by atoms with Gasteiger partial charge in [0.05, 0.1) is 42.7 Å². The fraction of sp³-hybridized carbons (Fsp3) is 0.851. The van der Waals surface area contributed by atoms with Gasteiger partial charge in [-0.1, -0.05) is 72.4 Å². The Balaban J connectivity index is 0.845. The molecule has 8 saturated heterocycles. The van der Waals surface area contributed by atoms with Gasteiger partial charge in [0.15, 0.2) is 23.1 Å². The summed E-state index contributed by atoms with van der Waals surface area (Å²) in [7, 11) is 0. The van der Waals surface area contributed by atoms with Crippen molar-refractivity contribution >= 4 is 5.97 Å². The molecule has 336 valence electrons. The van der Waals surface area contributed by atoms with Gasteiger partial charge in [0.25, 0.3) is 0 Å². The molecular formula is C47H71NO12. The number of hydrogen-bond donors (Lipinski definition) is 4. The highest BCUT2D eigenvalue weighted by Crippen LogP contribution is 2.56. The lowest BCUT2D eigenvalue weighted by Crippen LogP contribution is -2.62. The first-order chi connectivity index (χ1) is 28.4. The standard InChI is InChI=1S/C47H71NO12/c1-26-18-36-41-38(24-45(58-41)30(5)17-27(2)25-48-45)56-44(22-26,55-36)23-29(4)40-28(3)19-32(7)47(52,59-40)42(51)37-21-35-34(53-37)20-31(6)46(57-35)16-15-43(60-46)14-10-12-33(54-43)11-8-9-13-39(49)50/h8,10-12,26-28,30-38,40-42,48,51-52H,4,9,13-25H2,1-3,5-7H3,(H,49,50)/b11-8+/t26-,27+,28-,30-,31+,32+,33+,34+,35+,36+,37?,38+,40-,41+,42+,43-,44-,45-,46+,47+/m0/s1. The molecule has 9 heterocycles. The lowest BCUT2D eigenvalue weighted by molar-refractivity contribution is -0.367. The zero-order valence-electron chi connectivity index (χ0n) is 36.6. The van der Waals surface area contributed by atoms with E-state index in [4.69, 9.17) is 43.0 Å². The van der Waals surface area contributed by atoms with Gasteiger partial charge >= 0.3 is 5.97 Å². The predicted octanol–water partition coefficient (Wildman–Crippen LogP) is 6.26. The normalized spacial score (nSPS) is 52.9. The summed E-state index contributed by atoms with van der Waals surface area (Å²) in [5, 5.41) is 37.3. The maximum atomic E-state index is 12.4. The van der Waals surface area contributed by atoms with E-state index in [1.54, 1.807) is 0 Å². The molecule has 0 aromatic rings. The van der Waals surface area contributed by atoms with Crippen molar-refractivity contribution in [3.63, 3.8) is 0 Å². The van der Waals surface area contributed by atoms with Gasteiger partial charge in [0, 0.05) is 69.7 Å². The number of aliphatic carboxylic acids is 1. The molecule has 3 spiro atoms. The fourth-order valence-electron chi connectivity index (χ4n) is 12.9. The van der Waals surface area contributed by atoms with Crippen molar-refractivity contribution in [2.45, 2.75) is 209 Å². The molecule has 20 atom stereocenters. The highest BCUT2D eigenvalue weighted by atomic mass is 16.8. The second-order valence-corrected chi connectivity index (χ2v) is 20.9. The summed E-state index contributed by atoms with van der Waals surface area (Å²) < 4.78 is 54.2. The summed E-state index contributed by atoms with van der Waals surface area (Å²) in [5.41, 5.74) is 0.391. The van der Waals surface area contributed by atoms with Gasteiger partial charge in [-0.05, 0) is 61.3 Å². The van der Waals surface area contributed by atoms with Gasteiger partial charge in [-0.3, -0.25) is 10.1 Å². The third-order valence-corrected chi connectivity index (χ3v) is 15.9. The number of carbonyl (C=O) groups is 1. The van der Waals surface area contributed by atoms with Crippen molar-refractivity contribution in [3.8, 4) is 0 Å². The maximum Gasteiger partial charge on any atom is 0.303 e. The van der Waals surface area contributed by atoms with Crippen LogP contribution in [-0.2, 0) is 42.7 Å². The van der Waals surface area contributed by atoms with E-state index in [1.807, 2.05) is 25.2 Å². The zero-order valence-corrected chi connectivity index (χ0v) is 36.6. The predicted molar refractivity (Wildman–Crippen MR) is 219 cm³/mol. The average Bonchev–Trinajstić information content (AvgIpc) is 3.87. The van der Waals surface area contributed by atoms with Crippen molar-refractivity contribution < 1.29 is 58.0 Å². The number of rotatable bonds is 9. The molecule has 8 fully saturated rings. The van der Waals surface area contributed by atoms with Crippen molar-refractivity contribution in [1.29, 1.82) is 0 Å². The first kappa shape index (κ1) is 43.5. The molecule has 9 aliphatic heterocycles. The van der Waals surface area contributed by atoms with Gasteiger partial charge in [-0.25, -0.2) is 0 Å². The monoisotopic (exact) mass is 841 g/mol. The Morgan fingerprint density at radius 2 is 1.67 bits per heavy atom. The van der Waals surface area contributed by atoms with Crippen molar-refractivity contribution in [3.05, 3.63) is 36.5 Å². The Morgan fingerprint density at radius 1 is 0.867 bits per heavy atom. The van der Waals surface area contributed by atoms with Crippen molar-refractivity contribution in [2.24, 2.45) is 35.5 Å². The molecule has 60 heavy (non-hydrogen) atoms. The molecule has 1 unspecified atom stereocenters. The van der Waals surface area contributed by atoms with Gasteiger partial charge < -0.3 is 53.2 Å². The summed E-state index contributed by atoms with van der Waals surface area (Å²) in [6.45, 7) is 18.5. The minimum atomic E-state index is -1.88. The van der Waals surface area contributed by atoms with Crippen LogP contribution in [0.15, 0.2) is 36.5 Å². The number of ether oxygens (including phenoxy) is 8. The Morgan fingerprint density at radius 3 is 2.45 bits per heavy atom. The number of aliphatic hydroxyl groups excluding tert-OH is 1. The number of hydrogen-bond acceptors (Lipinski definition) is 12. The molecule has 2 bridgehead atoms. The van der Waals surface area contributed by atoms with Crippen LogP contribution in [0.1, 0.15) is 125 Å². The highest BCUT2D eigenvalue weighted by Gasteiger charge is 2.64. The minimum Gasteiger partial charge on any atom is -0.481 e. The van der Waals surface area contributed by atoms with Crippen LogP contribution in [-0.4, -0.2) is 112 Å². The molecular weight excluding hydrogens is 771 g/mol. The van der Waals surface area contributed by atoms with Crippen LogP contribution in [0.5, 0.6) is 0 Å². The maximum absolute atomic E-state index is 12.4. The number of allylic oxidation sites excluding steroid dienone is 1. The number of piperidine rings is 1. The van der Waals surface area contributed by atoms with E-state index in [-0.39, 0.29) is 60.8 Å². The van der Waals surface area contributed by atoms with Crippen LogP contribution in [0.3, 0.4) is 0 Å². The smallest absolute Gasteiger partial charge is 0.303 e. The third kappa shape index (κ3) is 7.81. The van der Waals surface area contributed by atoms with Crippen molar-refractivity contribution in [1.82, 2.24) is 5.32 Å². The van der Waals surface area contributed by atoms with Gasteiger partial charge in [0.1, 0.15) is 17.9 Å². The Hall–Kier alpha value is -1.75. The van der Waals surface area contributed by atoms with Crippen LogP contribution in [0.2, 0.25) is 0 Å². The summed E-state index contributed by atoms with van der Waals surface area (Å²) >= 11 is 0. The van der Waals surface area contributed by atoms with Gasteiger partial charge in [-0.15, -0.1) is 0 Å². The number of carboxylic acids is 1. The van der Waals surface area contributed by atoms with E-state index < -0.39 is 53.2 Å². The molecule has 0 saturated carbocycles. The number of nitrogens with one attached hydrogen (secondary N) is 1. The van der Waals surface area contributed by atoms with Crippen LogP contribution in [0.4, 0.5) is 0 Å². The van der Waals surface area contributed by atoms with E-state index in [2.05, 4.69) is 52.6 Å². The number of carboxylic acid groups (broad SMARTS) is 1. The Kier molecular flexibility index (Phi) is 11.6. The molecule has 0 radical (unpaired) electrons. The van der Waals surface area contributed by atoms with Crippen LogP contribution in [0, 0.1) is 35.5 Å². The summed E-state index contributed by atoms with van der Waals surface area (Å²) in [6, 6.07) is 0. The second-order valence-electron chi connectivity index (χ2n) is 20.9. The Bertz CT molecular complexity index is 1690. The zero-order chi connectivity index (χ0) is 42.4. The topological polar surface area (TPSA) is 164 Å². The average molecular weight is 842 g/mol. The fourth-order valence-corrected chi connectivity index (χ4v) is 12.9. The first-order valence-corrected chi connectivity index (χ1v) is 23.2. The molecule has 0 aromatic heterocycles. The third-order valence-electron chi connectivity index (χ3n) is 15.9. The van der Waals surface area contributed by atoms with Crippen LogP contribution >= 0.6 is 0 Å². The first-order valence-electron chi connectivity index (χ1n) is 23.2.